The summed E-state index contributed by atoms with van der Waals surface area (Å²) in [6, 6.07) is 9.33. The molecule has 0 aliphatic heterocycles. The summed E-state index contributed by atoms with van der Waals surface area (Å²) in [4.78, 5) is 11.9. The van der Waals surface area contributed by atoms with Gasteiger partial charge in [0.05, 0.1) is 12.5 Å². The van der Waals surface area contributed by atoms with E-state index in [-0.39, 0.29) is 30.6 Å². The van der Waals surface area contributed by atoms with Gasteiger partial charge >= 0.3 is 5.97 Å². The second-order valence-electron chi connectivity index (χ2n) is 5.36. The Morgan fingerprint density at radius 3 is 2.70 bits per heavy atom. The van der Waals surface area contributed by atoms with E-state index in [2.05, 4.69) is 0 Å². The molecule has 0 spiro atoms. The Balaban J connectivity index is 1.80. The van der Waals surface area contributed by atoms with Crippen LogP contribution in [0.25, 0.3) is 0 Å². The van der Waals surface area contributed by atoms with E-state index in [0.717, 1.165) is 31.2 Å². The minimum Gasteiger partial charge on any atom is -0.462 e. The molecule has 4 nitrogen and oxygen atoms in total. The molecule has 20 heavy (non-hydrogen) atoms. The molecule has 1 aliphatic rings. The molecule has 0 saturated heterocycles. The molecule has 3 unspecified atom stereocenters. The maximum Gasteiger partial charge on any atom is 0.307 e. The molecular formula is C16H23NO3. The minimum atomic E-state index is -0.300. The Hall–Kier alpha value is -1.39. The van der Waals surface area contributed by atoms with Gasteiger partial charge in [-0.05, 0) is 24.8 Å². The van der Waals surface area contributed by atoms with E-state index in [0.29, 0.717) is 0 Å². The zero-order valence-electron chi connectivity index (χ0n) is 12.0. The lowest BCUT2D eigenvalue weighted by molar-refractivity contribution is -0.153. The third-order valence-corrected chi connectivity index (χ3v) is 3.82. The van der Waals surface area contributed by atoms with Crippen LogP contribution in [0.2, 0.25) is 0 Å². The van der Waals surface area contributed by atoms with Crippen LogP contribution in [-0.2, 0) is 14.3 Å². The summed E-state index contributed by atoms with van der Waals surface area (Å²) in [5.41, 5.74) is 6.99. The quantitative estimate of drug-likeness (QED) is 0.840. The highest BCUT2D eigenvalue weighted by Gasteiger charge is 2.25. The molecule has 0 amide bonds. The van der Waals surface area contributed by atoms with E-state index >= 15 is 0 Å². The van der Waals surface area contributed by atoms with E-state index in [4.69, 9.17) is 15.2 Å². The van der Waals surface area contributed by atoms with Crippen molar-refractivity contribution in [1.82, 2.24) is 0 Å². The van der Waals surface area contributed by atoms with Gasteiger partial charge in [-0.3, -0.25) is 4.79 Å². The molecule has 110 valence electrons. The Morgan fingerprint density at radius 2 is 2.00 bits per heavy atom. The van der Waals surface area contributed by atoms with Crippen LogP contribution in [0.15, 0.2) is 30.3 Å². The second kappa shape index (κ2) is 7.41. The van der Waals surface area contributed by atoms with Gasteiger partial charge in [-0.1, -0.05) is 30.3 Å². The average molecular weight is 277 g/mol. The van der Waals surface area contributed by atoms with Gasteiger partial charge in [0, 0.05) is 19.6 Å². The number of methoxy groups -OCH3 is 1. The Labute approximate surface area is 120 Å². The molecule has 0 bridgehead atoms. The number of esters is 1. The molecule has 2 rings (SSSR count). The summed E-state index contributed by atoms with van der Waals surface area (Å²) >= 11 is 0. The highest BCUT2D eigenvalue weighted by atomic mass is 16.5. The van der Waals surface area contributed by atoms with E-state index in [1.54, 1.807) is 7.11 Å². The molecule has 3 atom stereocenters. The van der Waals surface area contributed by atoms with Gasteiger partial charge in [0.2, 0.25) is 0 Å². The Bertz CT molecular complexity index is 421. The van der Waals surface area contributed by atoms with Gasteiger partial charge in [-0.25, -0.2) is 0 Å². The molecule has 1 aromatic rings. The molecule has 1 fully saturated rings. The van der Waals surface area contributed by atoms with Gasteiger partial charge < -0.3 is 15.2 Å². The predicted molar refractivity (Wildman–Crippen MR) is 77.1 cm³/mol. The van der Waals surface area contributed by atoms with Crippen LogP contribution in [0.5, 0.6) is 0 Å². The number of ether oxygens (including phenoxy) is 2. The lowest BCUT2D eigenvalue weighted by atomic mass is 9.95. The summed E-state index contributed by atoms with van der Waals surface area (Å²) in [6.07, 6.45) is 4.22. The summed E-state index contributed by atoms with van der Waals surface area (Å²) in [5, 5.41) is 0. The first kappa shape index (κ1) is 15.0. The predicted octanol–water partition coefficient (Wildman–Crippen LogP) is 2.58. The number of hydrogen-bond acceptors (Lipinski definition) is 4. The van der Waals surface area contributed by atoms with Crippen molar-refractivity contribution in [1.29, 1.82) is 0 Å². The normalized spacial score (nSPS) is 24.1. The van der Waals surface area contributed by atoms with Crippen molar-refractivity contribution in [3.63, 3.8) is 0 Å². The first-order valence-electron chi connectivity index (χ1n) is 7.22. The molecule has 0 heterocycles. The van der Waals surface area contributed by atoms with Gasteiger partial charge in [-0.15, -0.1) is 0 Å². The highest BCUT2D eigenvalue weighted by molar-refractivity contribution is 5.70. The number of rotatable bonds is 5. The Morgan fingerprint density at radius 1 is 1.30 bits per heavy atom. The molecule has 1 saturated carbocycles. The van der Waals surface area contributed by atoms with E-state index in [1.165, 1.54) is 0 Å². The SMILES string of the molecule is COC1CCCC(OC(=O)CC(N)c2ccccc2)C1. The number of carbonyl (C=O) groups excluding carboxylic acids is 1. The van der Waals surface area contributed by atoms with Crippen molar-refractivity contribution in [2.45, 2.75) is 50.4 Å². The third kappa shape index (κ3) is 4.32. The van der Waals surface area contributed by atoms with Crippen LogP contribution in [0.3, 0.4) is 0 Å². The summed E-state index contributed by atoms with van der Waals surface area (Å²) in [7, 11) is 1.71. The third-order valence-electron chi connectivity index (χ3n) is 3.82. The van der Waals surface area contributed by atoms with Gasteiger partial charge in [0.25, 0.3) is 0 Å². The molecule has 1 aliphatic carbocycles. The fourth-order valence-electron chi connectivity index (χ4n) is 2.65. The molecule has 0 aromatic heterocycles. The number of benzene rings is 1. The van der Waals surface area contributed by atoms with Crippen LogP contribution < -0.4 is 5.73 Å². The number of nitrogens with two attached hydrogens (primary N) is 1. The zero-order chi connectivity index (χ0) is 14.4. The monoisotopic (exact) mass is 277 g/mol. The highest BCUT2D eigenvalue weighted by Crippen LogP contribution is 2.24. The Kier molecular flexibility index (Phi) is 5.56. The summed E-state index contributed by atoms with van der Waals surface area (Å²) in [6.45, 7) is 0. The largest absolute Gasteiger partial charge is 0.462 e. The standard InChI is InChI=1S/C16H23NO3/c1-19-13-8-5-9-14(10-13)20-16(18)11-15(17)12-6-3-2-4-7-12/h2-4,6-7,13-15H,5,8-11,17H2,1H3. The smallest absolute Gasteiger partial charge is 0.307 e. The summed E-state index contributed by atoms with van der Waals surface area (Å²) < 4.78 is 10.9. The van der Waals surface area contributed by atoms with Gasteiger partial charge in [0.15, 0.2) is 0 Å². The van der Waals surface area contributed by atoms with Crippen molar-refractivity contribution in [2.24, 2.45) is 5.73 Å². The molecule has 0 radical (unpaired) electrons. The first-order chi connectivity index (χ1) is 9.69. The molecule has 1 aromatic carbocycles. The van der Waals surface area contributed by atoms with Crippen molar-refractivity contribution in [3.8, 4) is 0 Å². The minimum absolute atomic E-state index is 0.0239. The molecule has 4 heteroatoms. The van der Waals surface area contributed by atoms with E-state index in [1.807, 2.05) is 30.3 Å². The average Bonchev–Trinajstić information content (AvgIpc) is 2.48. The van der Waals surface area contributed by atoms with Crippen molar-refractivity contribution >= 4 is 5.97 Å². The molecular weight excluding hydrogens is 254 g/mol. The second-order valence-corrected chi connectivity index (χ2v) is 5.36. The number of carbonyl (C=O) groups is 1. The summed E-state index contributed by atoms with van der Waals surface area (Å²) in [5.74, 6) is -0.219. The first-order valence-corrected chi connectivity index (χ1v) is 7.22. The molecule has 2 N–H and O–H groups in total. The van der Waals surface area contributed by atoms with Crippen LogP contribution >= 0.6 is 0 Å². The van der Waals surface area contributed by atoms with Gasteiger partial charge in [0.1, 0.15) is 6.10 Å². The van der Waals surface area contributed by atoms with Crippen LogP contribution in [0.4, 0.5) is 0 Å². The van der Waals surface area contributed by atoms with E-state index < -0.39 is 0 Å². The lowest BCUT2D eigenvalue weighted by Crippen LogP contribution is -2.30. The van der Waals surface area contributed by atoms with Crippen molar-refractivity contribution in [3.05, 3.63) is 35.9 Å². The lowest BCUT2D eigenvalue weighted by Gasteiger charge is -2.28. The fraction of sp³-hybridized carbons (Fsp3) is 0.562. The van der Waals surface area contributed by atoms with Crippen LogP contribution in [0, 0.1) is 0 Å². The number of hydrogen-bond donors (Lipinski definition) is 1. The maximum atomic E-state index is 11.9. The zero-order valence-corrected chi connectivity index (χ0v) is 12.0. The van der Waals surface area contributed by atoms with Crippen LogP contribution in [-0.4, -0.2) is 25.3 Å². The van der Waals surface area contributed by atoms with E-state index in [9.17, 15) is 4.79 Å². The van der Waals surface area contributed by atoms with Gasteiger partial charge in [-0.2, -0.15) is 0 Å². The van der Waals surface area contributed by atoms with Crippen LogP contribution in [0.1, 0.15) is 43.7 Å². The maximum absolute atomic E-state index is 11.9. The fourth-order valence-corrected chi connectivity index (χ4v) is 2.65. The topological polar surface area (TPSA) is 61.5 Å². The van der Waals surface area contributed by atoms with Crippen molar-refractivity contribution in [2.75, 3.05) is 7.11 Å². The van der Waals surface area contributed by atoms with Crippen molar-refractivity contribution < 1.29 is 14.3 Å².